The van der Waals surface area contributed by atoms with E-state index in [1.54, 1.807) is 24.2 Å². The fourth-order valence-electron chi connectivity index (χ4n) is 3.33. The molecule has 3 amide bonds. The highest BCUT2D eigenvalue weighted by molar-refractivity contribution is 5.92. The first-order valence-electron chi connectivity index (χ1n) is 9.20. The number of urea groups is 1. The minimum Gasteiger partial charge on any atom is -0.351 e. The molecule has 2 heterocycles. The SMILES string of the molecule is Cn1nccc1C(=O)NCCC1CCN(C(=O)Nc2cc(F)cc(F)c2)CC1. The van der Waals surface area contributed by atoms with Gasteiger partial charge >= 0.3 is 6.03 Å². The molecule has 2 N–H and O–H groups in total. The maximum atomic E-state index is 13.2. The van der Waals surface area contributed by atoms with Crippen molar-refractivity contribution in [2.24, 2.45) is 13.0 Å². The van der Waals surface area contributed by atoms with Gasteiger partial charge in [-0.1, -0.05) is 0 Å². The van der Waals surface area contributed by atoms with E-state index in [9.17, 15) is 18.4 Å². The first-order chi connectivity index (χ1) is 13.4. The number of nitrogens with one attached hydrogen (secondary N) is 2. The second kappa shape index (κ2) is 8.81. The van der Waals surface area contributed by atoms with Crippen molar-refractivity contribution in [2.75, 3.05) is 25.0 Å². The third-order valence-corrected chi connectivity index (χ3v) is 4.91. The number of likely N-dealkylation sites (tertiary alicyclic amines) is 1. The number of hydrogen-bond donors (Lipinski definition) is 2. The summed E-state index contributed by atoms with van der Waals surface area (Å²) in [6.45, 7) is 1.68. The molecule has 2 aromatic rings. The van der Waals surface area contributed by atoms with E-state index < -0.39 is 11.6 Å². The van der Waals surface area contributed by atoms with Gasteiger partial charge in [0.2, 0.25) is 0 Å². The van der Waals surface area contributed by atoms with E-state index in [0.29, 0.717) is 31.2 Å². The summed E-state index contributed by atoms with van der Waals surface area (Å²) in [5.41, 5.74) is 0.614. The number of carbonyl (C=O) groups excluding carboxylic acids is 2. The van der Waals surface area contributed by atoms with Crippen molar-refractivity contribution in [3.63, 3.8) is 0 Å². The fraction of sp³-hybridized carbons (Fsp3) is 0.421. The molecular weight excluding hydrogens is 368 g/mol. The minimum atomic E-state index is -0.734. The van der Waals surface area contributed by atoms with E-state index in [0.717, 1.165) is 37.5 Å². The third-order valence-electron chi connectivity index (χ3n) is 4.91. The highest BCUT2D eigenvalue weighted by Crippen LogP contribution is 2.21. The molecule has 1 aliphatic rings. The Morgan fingerprint density at radius 3 is 2.46 bits per heavy atom. The number of carbonyl (C=O) groups is 2. The van der Waals surface area contributed by atoms with Crippen molar-refractivity contribution >= 4 is 17.6 Å². The van der Waals surface area contributed by atoms with Crippen LogP contribution in [0.2, 0.25) is 0 Å². The molecule has 1 saturated heterocycles. The summed E-state index contributed by atoms with van der Waals surface area (Å²) in [4.78, 5) is 25.9. The van der Waals surface area contributed by atoms with Gasteiger partial charge in [0.05, 0.1) is 0 Å². The van der Waals surface area contributed by atoms with Gasteiger partial charge < -0.3 is 15.5 Å². The van der Waals surface area contributed by atoms with Crippen molar-refractivity contribution in [1.82, 2.24) is 20.0 Å². The lowest BCUT2D eigenvalue weighted by Crippen LogP contribution is -2.41. The Hall–Kier alpha value is -2.97. The van der Waals surface area contributed by atoms with E-state index in [4.69, 9.17) is 0 Å². The summed E-state index contributed by atoms with van der Waals surface area (Å²) in [6.07, 6.45) is 4.03. The summed E-state index contributed by atoms with van der Waals surface area (Å²) in [6, 6.07) is 4.22. The predicted octanol–water partition coefficient (Wildman–Crippen LogP) is 2.76. The number of nitrogens with zero attached hydrogens (tertiary/aromatic N) is 3. The average Bonchev–Trinajstić information content (AvgIpc) is 3.07. The van der Waals surface area contributed by atoms with Crippen LogP contribution in [0.1, 0.15) is 29.8 Å². The molecule has 0 unspecified atom stereocenters. The van der Waals surface area contributed by atoms with Crippen LogP contribution in [0, 0.1) is 17.6 Å². The largest absolute Gasteiger partial charge is 0.351 e. The molecule has 9 heteroatoms. The number of aryl methyl sites for hydroxylation is 1. The Kier molecular flexibility index (Phi) is 6.23. The maximum Gasteiger partial charge on any atom is 0.321 e. The van der Waals surface area contributed by atoms with E-state index in [-0.39, 0.29) is 17.6 Å². The minimum absolute atomic E-state index is 0.0995. The Labute approximate surface area is 161 Å². The van der Waals surface area contributed by atoms with Gasteiger partial charge in [0.25, 0.3) is 5.91 Å². The lowest BCUT2D eigenvalue weighted by atomic mass is 9.93. The van der Waals surface area contributed by atoms with E-state index in [2.05, 4.69) is 15.7 Å². The molecule has 1 fully saturated rings. The van der Waals surface area contributed by atoms with Crippen LogP contribution in [-0.4, -0.2) is 46.3 Å². The molecule has 0 saturated carbocycles. The lowest BCUT2D eigenvalue weighted by molar-refractivity contribution is 0.0940. The number of benzene rings is 1. The summed E-state index contributed by atoms with van der Waals surface area (Å²) in [5, 5.41) is 9.39. The van der Waals surface area contributed by atoms with Crippen LogP contribution in [0.15, 0.2) is 30.5 Å². The normalized spacial score (nSPS) is 14.8. The van der Waals surface area contributed by atoms with E-state index >= 15 is 0 Å². The highest BCUT2D eigenvalue weighted by atomic mass is 19.1. The Morgan fingerprint density at radius 2 is 1.86 bits per heavy atom. The molecule has 28 heavy (non-hydrogen) atoms. The smallest absolute Gasteiger partial charge is 0.321 e. The molecule has 3 rings (SSSR count). The summed E-state index contributed by atoms with van der Waals surface area (Å²) in [5.74, 6) is -1.22. The molecule has 0 atom stereocenters. The Bertz CT molecular complexity index is 826. The van der Waals surface area contributed by atoms with Gasteiger partial charge in [0.15, 0.2) is 0 Å². The third kappa shape index (κ3) is 5.05. The molecule has 0 bridgehead atoms. The summed E-state index contributed by atoms with van der Waals surface area (Å²) in [7, 11) is 1.72. The van der Waals surface area contributed by atoms with Crippen molar-refractivity contribution in [3.8, 4) is 0 Å². The van der Waals surface area contributed by atoms with E-state index in [1.165, 1.54) is 4.68 Å². The van der Waals surface area contributed by atoms with Crippen LogP contribution >= 0.6 is 0 Å². The van der Waals surface area contributed by atoms with Gasteiger partial charge in [-0.15, -0.1) is 0 Å². The second-order valence-corrected chi connectivity index (χ2v) is 6.90. The Balaban J connectivity index is 1.40. The van der Waals surface area contributed by atoms with Crippen molar-refractivity contribution in [3.05, 3.63) is 47.8 Å². The number of hydrogen-bond acceptors (Lipinski definition) is 3. The first kappa shape index (κ1) is 19.8. The zero-order chi connectivity index (χ0) is 20.1. The zero-order valence-electron chi connectivity index (χ0n) is 15.6. The van der Waals surface area contributed by atoms with Crippen LogP contribution in [0.3, 0.4) is 0 Å². The molecule has 0 radical (unpaired) electrons. The van der Waals surface area contributed by atoms with Crippen LogP contribution in [0.4, 0.5) is 19.3 Å². The number of rotatable bonds is 5. The quantitative estimate of drug-likeness (QED) is 0.823. The zero-order valence-corrected chi connectivity index (χ0v) is 15.6. The molecule has 1 aliphatic heterocycles. The highest BCUT2D eigenvalue weighted by Gasteiger charge is 2.23. The van der Waals surface area contributed by atoms with Gasteiger partial charge in [0, 0.05) is 44.6 Å². The molecule has 0 aliphatic carbocycles. The number of aromatic nitrogens is 2. The molecule has 1 aromatic heterocycles. The summed E-state index contributed by atoms with van der Waals surface area (Å²) < 4.78 is 28.0. The standard InChI is InChI=1S/C19H23F2N5O2/c1-25-17(3-7-23-25)18(27)22-6-2-13-4-8-26(9-5-13)19(28)24-16-11-14(20)10-15(21)12-16/h3,7,10-13H,2,4-6,8-9H2,1H3,(H,22,27)(H,24,28). The van der Waals surface area contributed by atoms with Gasteiger partial charge in [0.1, 0.15) is 17.3 Å². The molecule has 7 nitrogen and oxygen atoms in total. The van der Waals surface area contributed by atoms with Crippen molar-refractivity contribution in [1.29, 1.82) is 0 Å². The summed E-state index contributed by atoms with van der Waals surface area (Å²) >= 11 is 0. The molecule has 1 aromatic carbocycles. The van der Waals surface area contributed by atoms with Crippen molar-refractivity contribution in [2.45, 2.75) is 19.3 Å². The molecule has 150 valence electrons. The number of piperidine rings is 1. The predicted molar refractivity (Wildman–Crippen MR) is 99.8 cm³/mol. The van der Waals surface area contributed by atoms with Crippen LogP contribution in [-0.2, 0) is 7.05 Å². The van der Waals surface area contributed by atoms with E-state index in [1.807, 2.05) is 0 Å². The maximum absolute atomic E-state index is 13.2. The fourth-order valence-corrected chi connectivity index (χ4v) is 3.33. The van der Waals surface area contributed by atoms with Gasteiger partial charge in [-0.2, -0.15) is 5.10 Å². The monoisotopic (exact) mass is 391 g/mol. The van der Waals surface area contributed by atoms with Crippen LogP contribution in [0.5, 0.6) is 0 Å². The average molecular weight is 391 g/mol. The second-order valence-electron chi connectivity index (χ2n) is 6.90. The number of halogens is 2. The van der Waals surface area contributed by atoms with Gasteiger partial charge in [-0.25, -0.2) is 13.6 Å². The Morgan fingerprint density at radius 1 is 1.18 bits per heavy atom. The molecule has 0 spiro atoms. The topological polar surface area (TPSA) is 79.3 Å². The molecular formula is C19H23F2N5O2. The van der Waals surface area contributed by atoms with Crippen molar-refractivity contribution < 1.29 is 18.4 Å². The van der Waals surface area contributed by atoms with Crippen LogP contribution in [0.25, 0.3) is 0 Å². The lowest BCUT2D eigenvalue weighted by Gasteiger charge is -2.32. The van der Waals surface area contributed by atoms with Crippen LogP contribution < -0.4 is 10.6 Å². The van der Waals surface area contributed by atoms with Gasteiger partial charge in [-0.3, -0.25) is 9.48 Å². The number of amides is 3. The number of anilines is 1. The van der Waals surface area contributed by atoms with Gasteiger partial charge in [-0.05, 0) is 43.4 Å². The first-order valence-corrected chi connectivity index (χ1v) is 9.20.